The second-order valence-corrected chi connectivity index (χ2v) is 7.10. The third-order valence-corrected chi connectivity index (χ3v) is 4.83. The molecule has 2 aromatic carbocycles. The third kappa shape index (κ3) is 6.04. The number of aliphatic hydroxyl groups is 1. The molecule has 0 spiro atoms. The molecule has 1 N–H and O–H groups in total. The Bertz CT molecular complexity index is 855. The lowest BCUT2D eigenvalue weighted by atomic mass is 10.2. The molecule has 0 saturated heterocycles. The Balaban J connectivity index is 1.66. The SMILES string of the molecule is OCCCN(Cc1ccc(Cl)c(Cl)c1)Cc1nnc(Cc2ccccc2)o1. The Morgan fingerprint density at radius 1 is 0.889 bits per heavy atom. The molecule has 142 valence electrons. The first-order chi connectivity index (χ1) is 13.1. The zero-order valence-electron chi connectivity index (χ0n) is 14.8. The Morgan fingerprint density at radius 3 is 2.41 bits per heavy atom. The minimum Gasteiger partial charge on any atom is -0.424 e. The number of benzene rings is 2. The maximum atomic E-state index is 9.18. The molecule has 27 heavy (non-hydrogen) atoms. The summed E-state index contributed by atoms with van der Waals surface area (Å²) in [6.07, 6.45) is 1.27. The first kappa shape index (κ1) is 19.8. The van der Waals surface area contributed by atoms with Crippen LogP contribution in [0.1, 0.15) is 29.3 Å². The average Bonchev–Trinajstić information content (AvgIpc) is 3.10. The molecule has 0 atom stereocenters. The first-order valence-electron chi connectivity index (χ1n) is 8.76. The van der Waals surface area contributed by atoms with Crippen molar-refractivity contribution in [2.45, 2.75) is 25.9 Å². The van der Waals surface area contributed by atoms with Crippen molar-refractivity contribution in [2.75, 3.05) is 13.2 Å². The molecule has 1 heterocycles. The summed E-state index contributed by atoms with van der Waals surface area (Å²) in [6.45, 7) is 1.98. The van der Waals surface area contributed by atoms with Gasteiger partial charge in [-0.3, -0.25) is 4.90 Å². The molecule has 0 aliphatic rings. The molecular formula is C20H21Cl2N3O2. The molecule has 3 aromatic rings. The quantitative estimate of drug-likeness (QED) is 0.573. The number of aromatic nitrogens is 2. The Hall–Kier alpha value is -1.92. The standard InChI is InChI=1S/C20H21Cl2N3O2/c21-17-8-7-16(11-18(17)22)13-25(9-4-10-26)14-20-24-23-19(27-20)12-15-5-2-1-3-6-15/h1-3,5-8,11,26H,4,9-10,12-14H2. The van der Waals surface area contributed by atoms with Gasteiger partial charge in [0.05, 0.1) is 23.0 Å². The van der Waals surface area contributed by atoms with Crippen LogP contribution in [0.5, 0.6) is 0 Å². The summed E-state index contributed by atoms with van der Waals surface area (Å²) in [5.41, 5.74) is 2.16. The number of hydrogen-bond acceptors (Lipinski definition) is 5. The summed E-state index contributed by atoms with van der Waals surface area (Å²) in [4.78, 5) is 2.13. The molecule has 3 rings (SSSR count). The molecule has 1 aromatic heterocycles. The average molecular weight is 406 g/mol. The van der Waals surface area contributed by atoms with E-state index in [1.807, 2.05) is 42.5 Å². The van der Waals surface area contributed by atoms with Crippen molar-refractivity contribution >= 4 is 23.2 Å². The monoisotopic (exact) mass is 405 g/mol. The molecular weight excluding hydrogens is 385 g/mol. The molecule has 0 radical (unpaired) electrons. The van der Waals surface area contributed by atoms with Crippen molar-refractivity contribution in [2.24, 2.45) is 0 Å². The molecule has 0 saturated carbocycles. The van der Waals surface area contributed by atoms with Gasteiger partial charge in [0.15, 0.2) is 0 Å². The van der Waals surface area contributed by atoms with E-state index in [0.717, 1.165) is 11.1 Å². The summed E-state index contributed by atoms with van der Waals surface area (Å²) in [7, 11) is 0. The number of rotatable bonds is 9. The van der Waals surface area contributed by atoms with Gasteiger partial charge in [0.25, 0.3) is 0 Å². The Kier molecular flexibility index (Phi) is 7.24. The van der Waals surface area contributed by atoms with E-state index >= 15 is 0 Å². The zero-order valence-corrected chi connectivity index (χ0v) is 16.3. The molecule has 0 unspecified atom stereocenters. The van der Waals surface area contributed by atoms with Crippen LogP contribution in [0.4, 0.5) is 0 Å². The van der Waals surface area contributed by atoms with E-state index in [1.54, 1.807) is 6.07 Å². The van der Waals surface area contributed by atoms with Crippen molar-refractivity contribution in [3.63, 3.8) is 0 Å². The van der Waals surface area contributed by atoms with Gasteiger partial charge in [-0.15, -0.1) is 10.2 Å². The van der Waals surface area contributed by atoms with Crippen LogP contribution in [0.2, 0.25) is 10.0 Å². The van der Waals surface area contributed by atoms with Crippen LogP contribution in [0.3, 0.4) is 0 Å². The van der Waals surface area contributed by atoms with E-state index in [-0.39, 0.29) is 6.61 Å². The van der Waals surface area contributed by atoms with Crippen molar-refractivity contribution in [1.82, 2.24) is 15.1 Å². The summed E-state index contributed by atoms with van der Waals surface area (Å²) in [5.74, 6) is 1.15. The lowest BCUT2D eigenvalue weighted by Crippen LogP contribution is -2.25. The predicted molar refractivity (Wildman–Crippen MR) is 106 cm³/mol. The van der Waals surface area contributed by atoms with E-state index in [9.17, 15) is 5.11 Å². The van der Waals surface area contributed by atoms with Crippen LogP contribution in [0.25, 0.3) is 0 Å². The summed E-state index contributed by atoms with van der Waals surface area (Å²) in [5, 5.41) is 18.6. The second kappa shape index (κ2) is 9.85. The normalized spacial score (nSPS) is 11.3. The molecule has 0 aliphatic heterocycles. The number of aliphatic hydroxyl groups excluding tert-OH is 1. The molecule has 0 bridgehead atoms. The van der Waals surface area contributed by atoms with E-state index in [2.05, 4.69) is 15.1 Å². The van der Waals surface area contributed by atoms with Crippen molar-refractivity contribution in [3.8, 4) is 0 Å². The highest BCUT2D eigenvalue weighted by molar-refractivity contribution is 6.42. The van der Waals surface area contributed by atoms with Crippen molar-refractivity contribution < 1.29 is 9.52 Å². The number of hydrogen-bond donors (Lipinski definition) is 1. The Morgan fingerprint density at radius 2 is 1.67 bits per heavy atom. The van der Waals surface area contributed by atoms with Gasteiger partial charge in [-0.05, 0) is 29.7 Å². The van der Waals surface area contributed by atoms with Crippen LogP contribution >= 0.6 is 23.2 Å². The highest BCUT2D eigenvalue weighted by Gasteiger charge is 2.13. The fraction of sp³-hybridized carbons (Fsp3) is 0.300. The van der Waals surface area contributed by atoms with E-state index in [1.165, 1.54) is 0 Å². The third-order valence-electron chi connectivity index (χ3n) is 4.09. The van der Waals surface area contributed by atoms with Gasteiger partial charge in [-0.25, -0.2) is 0 Å². The van der Waals surface area contributed by atoms with Gasteiger partial charge in [0.2, 0.25) is 11.8 Å². The Labute approximate surface area is 168 Å². The maximum Gasteiger partial charge on any atom is 0.230 e. The smallest absolute Gasteiger partial charge is 0.230 e. The van der Waals surface area contributed by atoms with Gasteiger partial charge in [0, 0.05) is 19.7 Å². The number of nitrogens with zero attached hydrogens (tertiary/aromatic N) is 3. The molecule has 5 nitrogen and oxygen atoms in total. The van der Waals surface area contributed by atoms with Gasteiger partial charge in [-0.1, -0.05) is 59.6 Å². The van der Waals surface area contributed by atoms with Gasteiger partial charge < -0.3 is 9.52 Å². The summed E-state index contributed by atoms with van der Waals surface area (Å²) >= 11 is 12.1. The first-order valence-corrected chi connectivity index (χ1v) is 9.52. The molecule has 7 heteroatoms. The largest absolute Gasteiger partial charge is 0.424 e. The second-order valence-electron chi connectivity index (χ2n) is 6.29. The lowest BCUT2D eigenvalue weighted by Gasteiger charge is -2.20. The van der Waals surface area contributed by atoms with Crippen LogP contribution in [-0.4, -0.2) is 33.4 Å². The van der Waals surface area contributed by atoms with Gasteiger partial charge in [-0.2, -0.15) is 0 Å². The van der Waals surface area contributed by atoms with Gasteiger partial charge in [0.1, 0.15) is 0 Å². The minimum absolute atomic E-state index is 0.126. The fourth-order valence-electron chi connectivity index (χ4n) is 2.79. The highest BCUT2D eigenvalue weighted by Crippen LogP contribution is 2.23. The maximum absolute atomic E-state index is 9.18. The van der Waals surface area contributed by atoms with E-state index in [4.69, 9.17) is 27.6 Å². The summed E-state index contributed by atoms with van der Waals surface area (Å²) in [6, 6.07) is 15.6. The van der Waals surface area contributed by atoms with Crippen molar-refractivity contribution in [3.05, 3.63) is 81.5 Å². The fourth-order valence-corrected chi connectivity index (χ4v) is 3.11. The van der Waals surface area contributed by atoms with Crippen LogP contribution < -0.4 is 0 Å². The molecule has 0 aliphatic carbocycles. The molecule has 0 amide bonds. The van der Waals surface area contributed by atoms with Crippen LogP contribution in [0.15, 0.2) is 52.9 Å². The number of halogens is 2. The van der Waals surface area contributed by atoms with Crippen LogP contribution in [-0.2, 0) is 19.5 Å². The highest BCUT2D eigenvalue weighted by atomic mass is 35.5. The van der Waals surface area contributed by atoms with E-state index in [0.29, 0.717) is 54.3 Å². The minimum atomic E-state index is 0.126. The lowest BCUT2D eigenvalue weighted by molar-refractivity contribution is 0.197. The summed E-state index contributed by atoms with van der Waals surface area (Å²) < 4.78 is 5.81. The predicted octanol–water partition coefficient (Wildman–Crippen LogP) is 4.35. The molecule has 0 fully saturated rings. The topological polar surface area (TPSA) is 62.4 Å². The van der Waals surface area contributed by atoms with Crippen molar-refractivity contribution in [1.29, 1.82) is 0 Å². The van der Waals surface area contributed by atoms with Crippen LogP contribution in [0, 0.1) is 0 Å². The van der Waals surface area contributed by atoms with Gasteiger partial charge >= 0.3 is 0 Å². The van der Waals surface area contributed by atoms with E-state index < -0.39 is 0 Å². The zero-order chi connectivity index (χ0) is 19.1.